The van der Waals surface area contributed by atoms with E-state index in [1.54, 1.807) is 38.1 Å². The number of carbonyl (C=O) groups excluding carboxylic acids is 2. The van der Waals surface area contributed by atoms with E-state index >= 15 is 0 Å². The summed E-state index contributed by atoms with van der Waals surface area (Å²) in [7, 11) is -3.30. The quantitative estimate of drug-likeness (QED) is 0.684. The fourth-order valence-electron chi connectivity index (χ4n) is 3.33. The molecule has 1 saturated heterocycles. The lowest BCUT2D eigenvalue weighted by atomic mass is 9.89. The lowest BCUT2D eigenvalue weighted by molar-refractivity contribution is -0.124. The Bertz CT molecular complexity index is 757. The molecule has 0 aromatic heterocycles. The molecule has 1 aromatic carbocycles. The molecule has 1 aliphatic rings. The Morgan fingerprint density at radius 1 is 1.14 bits per heavy atom. The van der Waals surface area contributed by atoms with Gasteiger partial charge in [-0.2, -0.15) is 0 Å². The molecule has 28 heavy (non-hydrogen) atoms. The minimum Gasteiger partial charge on any atom is -0.354 e. The lowest BCUT2D eigenvalue weighted by Crippen LogP contribution is -2.54. The van der Waals surface area contributed by atoms with Crippen LogP contribution in [0.25, 0.3) is 0 Å². The Balaban J connectivity index is 2.10. The molecule has 0 bridgehead atoms. The number of piperidine rings is 1. The molecule has 0 saturated carbocycles. The van der Waals surface area contributed by atoms with Crippen LogP contribution in [-0.2, 0) is 14.8 Å². The third kappa shape index (κ3) is 5.54. The molecule has 0 spiro atoms. The predicted octanol–water partition coefficient (Wildman–Crippen LogP) is 1.76. The first kappa shape index (κ1) is 22.4. The zero-order chi connectivity index (χ0) is 20.7. The minimum absolute atomic E-state index is 0.108. The highest BCUT2D eigenvalue weighted by Crippen LogP contribution is 2.24. The van der Waals surface area contributed by atoms with E-state index in [4.69, 9.17) is 0 Å². The average Bonchev–Trinajstić information content (AvgIpc) is 2.70. The van der Waals surface area contributed by atoms with Crippen LogP contribution in [-0.4, -0.2) is 55.5 Å². The van der Waals surface area contributed by atoms with Crippen molar-refractivity contribution >= 4 is 21.8 Å². The van der Waals surface area contributed by atoms with Crippen LogP contribution in [0.3, 0.4) is 0 Å². The van der Waals surface area contributed by atoms with Gasteiger partial charge in [0.1, 0.15) is 6.04 Å². The molecule has 2 rings (SSSR count). The number of sulfonamides is 1. The smallest absolute Gasteiger partial charge is 0.251 e. The van der Waals surface area contributed by atoms with Crippen molar-refractivity contribution in [2.45, 2.75) is 51.3 Å². The van der Waals surface area contributed by atoms with Crippen LogP contribution in [0, 0.1) is 5.92 Å². The summed E-state index contributed by atoms with van der Waals surface area (Å²) in [6.07, 6.45) is 1.87. The second-order valence-electron chi connectivity index (χ2n) is 7.44. The van der Waals surface area contributed by atoms with Crippen molar-refractivity contribution in [3.05, 3.63) is 35.9 Å². The fourth-order valence-corrected chi connectivity index (χ4v) is 4.65. The maximum atomic E-state index is 12.7. The van der Waals surface area contributed by atoms with E-state index in [2.05, 4.69) is 10.6 Å². The van der Waals surface area contributed by atoms with Crippen LogP contribution in [0.15, 0.2) is 30.3 Å². The van der Waals surface area contributed by atoms with Gasteiger partial charge in [0, 0.05) is 25.2 Å². The van der Waals surface area contributed by atoms with E-state index in [9.17, 15) is 18.0 Å². The van der Waals surface area contributed by atoms with Crippen molar-refractivity contribution in [3.8, 4) is 0 Å². The molecule has 156 valence electrons. The van der Waals surface area contributed by atoms with Gasteiger partial charge < -0.3 is 10.6 Å². The highest BCUT2D eigenvalue weighted by atomic mass is 32.2. The second-order valence-corrected chi connectivity index (χ2v) is 9.93. The largest absolute Gasteiger partial charge is 0.354 e. The van der Waals surface area contributed by atoms with Crippen molar-refractivity contribution in [1.82, 2.24) is 14.9 Å². The summed E-state index contributed by atoms with van der Waals surface area (Å²) in [6.45, 7) is 6.57. The third-order valence-corrected chi connectivity index (χ3v) is 7.36. The van der Waals surface area contributed by atoms with Gasteiger partial charge in [0.05, 0.1) is 5.25 Å². The highest BCUT2D eigenvalue weighted by molar-refractivity contribution is 7.89. The van der Waals surface area contributed by atoms with Crippen LogP contribution >= 0.6 is 0 Å². The summed E-state index contributed by atoms with van der Waals surface area (Å²) in [5.41, 5.74) is 0.496. The average molecular weight is 410 g/mol. The van der Waals surface area contributed by atoms with Crippen molar-refractivity contribution < 1.29 is 18.0 Å². The Kier molecular flexibility index (Phi) is 8.00. The molecule has 8 heteroatoms. The number of nitrogens with one attached hydrogen (secondary N) is 2. The molecule has 1 unspecified atom stereocenters. The van der Waals surface area contributed by atoms with Gasteiger partial charge in [0.2, 0.25) is 15.9 Å². The van der Waals surface area contributed by atoms with E-state index in [0.29, 0.717) is 38.0 Å². The Labute approximate surface area is 167 Å². The summed E-state index contributed by atoms with van der Waals surface area (Å²) in [4.78, 5) is 25.3. The van der Waals surface area contributed by atoms with Gasteiger partial charge in [-0.15, -0.1) is 0 Å². The SMILES string of the molecule is CCCNC(=O)C(NC(=O)c1ccccc1)C1CCN(S(=O)(=O)C(C)C)CC1. The highest BCUT2D eigenvalue weighted by Gasteiger charge is 2.36. The molecule has 7 nitrogen and oxygen atoms in total. The molecule has 1 heterocycles. The number of amides is 2. The van der Waals surface area contributed by atoms with Gasteiger partial charge in [0.15, 0.2) is 0 Å². The van der Waals surface area contributed by atoms with Crippen molar-refractivity contribution in [1.29, 1.82) is 0 Å². The normalized spacial score (nSPS) is 17.3. The Morgan fingerprint density at radius 3 is 2.29 bits per heavy atom. The molecular formula is C20H31N3O4S. The Morgan fingerprint density at radius 2 is 1.75 bits per heavy atom. The van der Waals surface area contributed by atoms with Crippen molar-refractivity contribution in [2.24, 2.45) is 5.92 Å². The lowest BCUT2D eigenvalue weighted by Gasteiger charge is -2.35. The summed E-state index contributed by atoms with van der Waals surface area (Å²) in [5.74, 6) is -0.617. The van der Waals surface area contributed by atoms with Gasteiger partial charge in [-0.1, -0.05) is 25.1 Å². The monoisotopic (exact) mass is 409 g/mol. The van der Waals surface area contributed by atoms with Gasteiger partial charge >= 0.3 is 0 Å². The predicted molar refractivity (Wildman–Crippen MR) is 109 cm³/mol. The number of rotatable bonds is 8. The minimum atomic E-state index is -3.30. The van der Waals surface area contributed by atoms with Crippen LogP contribution in [0.5, 0.6) is 0 Å². The number of hydrogen-bond acceptors (Lipinski definition) is 4. The van der Waals surface area contributed by atoms with Gasteiger partial charge in [0.25, 0.3) is 5.91 Å². The molecule has 0 aliphatic carbocycles. The van der Waals surface area contributed by atoms with E-state index in [1.807, 2.05) is 13.0 Å². The third-order valence-electron chi connectivity index (χ3n) is 5.08. The van der Waals surface area contributed by atoms with Crippen LogP contribution in [0.4, 0.5) is 0 Å². The molecule has 2 N–H and O–H groups in total. The maximum absolute atomic E-state index is 12.7. The topological polar surface area (TPSA) is 95.6 Å². The van der Waals surface area contributed by atoms with Crippen LogP contribution in [0.1, 0.15) is 50.4 Å². The first-order chi connectivity index (χ1) is 13.3. The van der Waals surface area contributed by atoms with Crippen LogP contribution in [0.2, 0.25) is 0 Å². The second kappa shape index (κ2) is 10.0. The summed E-state index contributed by atoms with van der Waals surface area (Å²) < 4.78 is 26.2. The zero-order valence-electron chi connectivity index (χ0n) is 16.8. The standard InChI is InChI=1S/C20H31N3O4S/c1-4-12-21-20(25)18(22-19(24)17-8-6-5-7-9-17)16-10-13-23(14-11-16)28(26,27)15(2)3/h5-9,15-16,18H,4,10-14H2,1-3H3,(H,21,25)(H,22,24). The summed E-state index contributed by atoms with van der Waals surface area (Å²) in [5, 5.41) is 5.26. The van der Waals surface area contributed by atoms with Crippen molar-refractivity contribution in [2.75, 3.05) is 19.6 Å². The zero-order valence-corrected chi connectivity index (χ0v) is 17.7. The van der Waals surface area contributed by atoms with E-state index in [0.717, 1.165) is 6.42 Å². The van der Waals surface area contributed by atoms with Crippen molar-refractivity contribution in [3.63, 3.8) is 0 Å². The molecule has 1 aromatic rings. The summed E-state index contributed by atoms with van der Waals surface area (Å²) in [6, 6.07) is 8.10. The molecule has 1 aliphatic heterocycles. The van der Waals surface area contributed by atoms with Gasteiger partial charge in [-0.05, 0) is 51.2 Å². The first-order valence-electron chi connectivity index (χ1n) is 9.90. The van der Waals surface area contributed by atoms with E-state index in [1.165, 1.54) is 4.31 Å². The fraction of sp³-hybridized carbons (Fsp3) is 0.600. The van der Waals surface area contributed by atoms with Gasteiger partial charge in [-0.3, -0.25) is 9.59 Å². The number of benzene rings is 1. The first-order valence-corrected chi connectivity index (χ1v) is 11.4. The number of carbonyl (C=O) groups is 2. The van der Waals surface area contributed by atoms with E-state index in [-0.39, 0.29) is 17.7 Å². The molecular weight excluding hydrogens is 378 g/mol. The maximum Gasteiger partial charge on any atom is 0.251 e. The molecule has 1 atom stereocenters. The number of nitrogens with zero attached hydrogens (tertiary/aromatic N) is 1. The summed E-state index contributed by atoms with van der Waals surface area (Å²) >= 11 is 0. The van der Waals surface area contributed by atoms with Gasteiger partial charge in [-0.25, -0.2) is 12.7 Å². The number of hydrogen-bond donors (Lipinski definition) is 2. The molecule has 0 radical (unpaired) electrons. The van der Waals surface area contributed by atoms with Crippen LogP contribution < -0.4 is 10.6 Å². The van der Waals surface area contributed by atoms with E-state index < -0.39 is 21.3 Å². The molecule has 2 amide bonds. The Hall–Kier alpha value is -1.93. The molecule has 1 fully saturated rings.